The number of nitrogens with two attached hydrogens (primary N) is 1. The number of aliphatic hydroxyl groups excluding tert-OH is 1. The maximum atomic E-state index is 13.7. The number of rotatable bonds is 19. The third-order valence-corrected chi connectivity index (χ3v) is 12.2. The Balaban J connectivity index is 1.14. The van der Waals surface area contributed by atoms with Crippen molar-refractivity contribution in [2.45, 2.75) is 63.7 Å². The fourth-order valence-electron chi connectivity index (χ4n) is 8.17. The number of methoxy groups -OCH3 is 1. The van der Waals surface area contributed by atoms with Gasteiger partial charge in [0.2, 0.25) is 0 Å². The number of nitrogens with zero attached hydrogens (tertiary/aromatic N) is 4. The molecule has 0 saturated carbocycles. The first-order valence-electron chi connectivity index (χ1n) is 20.8. The van der Waals surface area contributed by atoms with E-state index in [1.807, 2.05) is 41.1 Å². The van der Waals surface area contributed by atoms with Gasteiger partial charge in [-0.1, -0.05) is 35.7 Å². The summed E-state index contributed by atoms with van der Waals surface area (Å²) in [5, 5.41) is 18.7. The van der Waals surface area contributed by atoms with Crippen LogP contribution in [0, 0.1) is 0 Å². The molecule has 0 unspecified atom stereocenters. The fraction of sp³-hybridized carbons (Fsp3) is 0.457. The zero-order chi connectivity index (χ0) is 43.1. The predicted molar refractivity (Wildman–Crippen MR) is 240 cm³/mol. The van der Waals surface area contributed by atoms with Crippen molar-refractivity contribution >= 4 is 47.0 Å². The summed E-state index contributed by atoms with van der Waals surface area (Å²) in [6, 6.07) is 15.3. The highest BCUT2D eigenvalue weighted by atomic mass is 32.2. The number of hydrogen-bond donors (Lipinski definition) is 3. The minimum absolute atomic E-state index is 0.000655. The average Bonchev–Trinajstić information content (AvgIpc) is 3.80. The number of benzene rings is 3. The lowest BCUT2D eigenvalue weighted by molar-refractivity contribution is 0.0351. The molecule has 3 aromatic carbocycles. The Bertz CT molecular complexity index is 2160. The van der Waals surface area contributed by atoms with Gasteiger partial charge in [0.05, 0.1) is 74.7 Å². The molecule has 0 bridgehead atoms. The first-order chi connectivity index (χ1) is 29.5. The molecule has 0 aromatic heterocycles. The Morgan fingerprint density at radius 3 is 2.44 bits per heavy atom. The van der Waals surface area contributed by atoms with Crippen LogP contribution in [0.15, 0.2) is 77.3 Å². The molecule has 4 aliphatic rings. The van der Waals surface area contributed by atoms with Crippen molar-refractivity contribution < 1.29 is 38.4 Å². The largest absolute Gasteiger partial charge is 0.493 e. The Morgan fingerprint density at radius 2 is 1.70 bits per heavy atom. The minimum Gasteiger partial charge on any atom is -0.493 e. The Morgan fingerprint density at radius 1 is 0.951 bits per heavy atom. The molecular weight excluding hydrogens is 797 g/mol. The number of hydrogen-bond acceptors (Lipinski definition) is 13. The molecule has 0 spiro atoms. The van der Waals surface area contributed by atoms with Crippen LogP contribution in [-0.4, -0.2) is 123 Å². The van der Waals surface area contributed by atoms with E-state index in [0.717, 1.165) is 40.9 Å². The van der Waals surface area contributed by atoms with Gasteiger partial charge >= 0.3 is 0 Å². The predicted octanol–water partition coefficient (Wildman–Crippen LogP) is 6.14. The van der Waals surface area contributed by atoms with E-state index in [9.17, 15) is 9.59 Å². The Hall–Kier alpha value is -5.06. The van der Waals surface area contributed by atoms with Gasteiger partial charge in [-0.25, -0.2) is 0 Å². The molecule has 4 heterocycles. The number of ether oxygens (including phenoxy) is 5. The monoisotopic (exact) mass is 854 g/mol. The summed E-state index contributed by atoms with van der Waals surface area (Å²) in [6.45, 7) is 15.2. The molecule has 0 aliphatic carbocycles. The topological polar surface area (TPSA) is 161 Å². The number of fused-ring (bicyclic) bond motifs is 4. The molecule has 4 aliphatic heterocycles. The lowest BCUT2D eigenvalue weighted by atomic mass is 10.1. The summed E-state index contributed by atoms with van der Waals surface area (Å²) in [6.07, 6.45) is 5.49. The van der Waals surface area contributed by atoms with Crippen LogP contribution in [-0.2, 0) is 22.7 Å². The van der Waals surface area contributed by atoms with Crippen LogP contribution in [0.5, 0.6) is 17.2 Å². The third-order valence-electron chi connectivity index (χ3n) is 11.4. The number of amides is 2. The summed E-state index contributed by atoms with van der Waals surface area (Å²) in [5.74, 6) is 1.46. The van der Waals surface area contributed by atoms with Crippen molar-refractivity contribution in [1.82, 2.24) is 9.80 Å². The van der Waals surface area contributed by atoms with Crippen molar-refractivity contribution in [2.24, 2.45) is 10.1 Å². The molecule has 2 fully saturated rings. The van der Waals surface area contributed by atoms with E-state index in [-0.39, 0.29) is 55.1 Å². The third kappa shape index (κ3) is 10.5. The number of carbonyl (C=O) groups is 2. The second kappa shape index (κ2) is 19.8. The molecule has 2 amide bonds. The van der Waals surface area contributed by atoms with Gasteiger partial charge in [0.15, 0.2) is 11.5 Å². The maximum absolute atomic E-state index is 13.7. The van der Waals surface area contributed by atoms with E-state index in [1.165, 1.54) is 17.5 Å². The molecule has 15 heteroatoms. The summed E-state index contributed by atoms with van der Waals surface area (Å²) < 4.78 is 29.7. The second-order valence-corrected chi connectivity index (χ2v) is 17.8. The smallest absolute Gasteiger partial charge is 0.257 e. The molecule has 14 nitrogen and oxygen atoms in total. The highest BCUT2D eigenvalue weighted by molar-refractivity contribution is 7.98. The van der Waals surface area contributed by atoms with Gasteiger partial charge < -0.3 is 48.8 Å². The van der Waals surface area contributed by atoms with Crippen LogP contribution >= 0.6 is 11.9 Å². The number of allylic oxidation sites excluding steroid dienone is 1. The van der Waals surface area contributed by atoms with Crippen LogP contribution in [0.4, 0.5) is 17.1 Å². The standard InChI is InChI=1S/C46H58N6O8S/c1-6-31-17-36-24-49-41-22-43(42(56-5)21-39(41)45(55)52(36)26-31)60-28-33-16-32(18-34(19-33)50(29-46(3,4)61-47)9-11-57-13-14-58-12-10-53)27-59-37-7-8-38-40(20-37)48-23-35-15-30(2)25-51(35)44(38)54/h6-8,16,18-22,24,35-36,48,53H,2,9-15,17,23,25-29,47H2,1,3-5H3/b31-6+/t35-,36-/m0/s1. The zero-order valence-electron chi connectivity index (χ0n) is 35.6. The SMILES string of the molecule is C=C1C[C@H]2CNc3cc(OCc4cc(COc5cc6c(cc5OC)C(=O)N5C/C(=C/C)C[C@H]5C=N6)cc(N(CCOCCOCCO)CC(C)(C)SN)c4)ccc3C(=O)N2C1. The molecule has 4 N–H and O–H groups in total. The first kappa shape index (κ1) is 44.0. The van der Waals surface area contributed by atoms with Gasteiger partial charge in [0, 0.05) is 61.5 Å². The van der Waals surface area contributed by atoms with Crippen LogP contribution in [0.25, 0.3) is 0 Å². The van der Waals surface area contributed by atoms with Crippen LogP contribution in [0.3, 0.4) is 0 Å². The number of anilines is 2. The summed E-state index contributed by atoms with van der Waals surface area (Å²) in [7, 11) is 1.57. The highest BCUT2D eigenvalue weighted by Gasteiger charge is 2.36. The Labute approximate surface area is 362 Å². The van der Waals surface area contributed by atoms with Crippen LogP contribution < -0.4 is 29.6 Å². The number of aliphatic imine (C=N–C) groups is 1. The van der Waals surface area contributed by atoms with E-state index < -0.39 is 0 Å². The second-order valence-electron chi connectivity index (χ2n) is 16.4. The van der Waals surface area contributed by atoms with Gasteiger partial charge in [-0.3, -0.25) is 19.7 Å². The summed E-state index contributed by atoms with van der Waals surface area (Å²) >= 11 is 1.30. The maximum Gasteiger partial charge on any atom is 0.257 e. The molecule has 7 rings (SSSR count). The highest BCUT2D eigenvalue weighted by Crippen LogP contribution is 2.39. The van der Waals surface area contributed by atoms with Gasteiger partial charge in [0.25, 0.3) is 11.8 Å². The molecule has 0 radical (unpaired) electrons. The van der Waals surface area contributed by atoms with Gasteiger partial charge in [-0.05, 0) is 81.1 Å². The molecule has 2 saturated heterocycles. The molecule has 2 atom stereocenters. The normalized spacial score (nSPS) is 18.9. The van der Waals surface area contributed by atoms with E-state index in [4.69, 9.17) is 38.9 Å². The van der Waals surface area contributed by atoms with E-state index in [0.29, 0.717) is 86.6 Å². The lowest BCUT2D eigenvalue weighted by Crippen LogP contribution is -2.39. The first-order valence-corrected chi connectivity index (χ1v) is 21.7. The quantitative estimate of drug-likeness (QED) is 0.0719. The molecule has 326 valence electrons. The number of aliphatic hydroxyl groups is 1. The average molecular weight is 855 g/mol. The Kier molecular flexibility index (Phi) is 14.3. The molecule has 61 heavy (non-hydrogen) atoms. The van der Waals surface area contributed by atoms with Crippen molar-refractivity contribution in [2.75, 3.05) is 83.1 Å². The van der Waals surface area contributed by atoms with Crippen molar-refractivity contribution in [3.8, 4) is 17.2 Å². The van der Waals surface area contributed by atoms with E-state index >= 15 is 0 Å². The van der Waals surface area contributed by atoms with E-state index in [2.05, 4.69) is 54.9 Å². The number of nitrogens with one attached hydrogen (secondary N) is 1. The van der Waals surface area contributed by atoms with Gasteiger partial charge in [-0.2, -0.15) is 0 Å². The summed E-state index contributed by atoms with van der Waals surface area (Å²) in [4.78, 5) is 37.9. The van der Waals surface area contributed by atoms with Crippen molar-refractivity contribution in [3.05, 3.63) is 94.6 Å². The molecular formula is C46H58N6O8S. The van der Waals surface area contributed by atoms with Crippen LogP contribution in [0.2, 0.25) is 0 Å². The van der Waals surface area contributed by atoms with Gasteiger partial charge in [-0.15, -0.1) is 0 Å². The zero-order valence-corrected chi connectivity index (χ0v) is 36.4. The molecule has 3 aromatic rings. The lowest BCUT2D eigenvalue weighted by Gasteiger charge is -2.33. The van der Waals surface area contributed by atoms with Crippen molar-refractivity contribution in [3.63, 3.8) is 0 Å². The van der Waals surface area contributed by atoms with Gasteiger partial charge in [0.1, 0.15) is 19.0 Å². The van der Waals surface area contributed by atoms with Crippen molar-refractivity contribution in [1.29, 1.82) is 0 Å². The number of carbonyl (C=O) groups excluding carboxylic acids is 2. The fourth-order valence-corrected chi connectivity index (χ4v) is 8.40. The van der Waals surface area contributed by atoms with E-state index in [1.54, 1.807) is 19.2 Å². The van der Waals surface area contributed by atoms with Crippen LogP contribution in [0.1, 0.15) is 65.5 Å². The minimum atomic E-state index is -0.293. The summed E-state index contributed by atoms with van der Waals surface area (Å²) in [5.41, 5.74) is 7.39.